The molecule has 4 heterocycles. The van der Waals surface area contributed by atoms with E-state index < -0.39 is 24.9 Å². The summed E-state index contributed by atoms with van der Waals surface area (Å²) in [6.45, 7) is 4.62. The minimum atomic E-state index is -4.49. The van der Waals surface area contributed by atoms with Crippen molar-refractivity contribution in [3.63, 3.8) is 0 Å². The minimum absolute atomic E-state index is 0.0999. The van der Waals surface area contributed by atoms with E-state index in [0.29, 0.717) is 70.5 Å². The molecule has 1 aliphatic rings. The summed E-state index contributed by atoms with van der Waals surface area (Å²) in [5.74, 6) is 7.63. The van der Waals surface area contributed by atoms with Crippen LogP contribution in [0.15, 0.2) is 88.3 Å². The number of nitrogens with one attached hydrogen (secondary N) is 5. The molecule has 3 aromatic heterocycles. The van der Waals surface area contributed by atoms with Crippen LogP contribution in [-0.4, -0.2) is 111 Å². The highest BCUT2D eigenvalue weighted by Crippen LogP contribution is 2.33. The van der Waals surface area contributed by atoms with Crippen LogP contribution in [-0.2, 0) is 22.6 Å². The first-order valence-corrected chi connectivity index (χ1v) is 22.0. The van der Waals surface area contributed by atoms with Gasteiger partial charge < -0.3 is 59.2 Å². The van der Waals surface area contributed by atoms with Crippen molar-refractivity contribution in [2.24, 2.45) is 0 Å². The molecular formula is C49H54F4N8O7. The molecule has 3 aromatic carbocycles. The summed E-state index contributed by atoms with van der Waals surface area (Å²) in [6.07, 6.45) is -3.42. The Morgan fingerprint density at radius 1 is 0.971 bits per heavy atom. The molecule has 1 saturated heterocycles. The van der Waals surface area contributed by atoms with Gasteiger partial charge in [0.2, 0.25) is 0 Å². The lowest BCUT2D eigenvalue weighted by atomic mass is 10.0. The molecule has 1 fully saturated rings. The number of aromatic amines is 1. The van der Waals surface area contributed by atoms with E-state index in [-0.39, 0.29) is 63.2 Å². The van der Waals surface area contributed by atoms with E-state index in [1.807, 2.05) is 31.9 Å². The van der Waals surface area contributed by atoms with E-state index in [9.17, 15) is 27.2 Å². The second-order valence-electron chi connectivity index (χ2n) is 16.2. The van der Waals surface area contributed by atoms with Gasteiger partial charge in [0.05, 0.1) is 55.5 Å². The first-order valence-electron chi connectivity index (χ1n) is 22.0. The Kier molecular flexibility index (Phi) is 16.2. The van der Waals surface area contributed by atoms with Crippen LogP contribution in [0.5, 0.6) is 17.2 Å². The molecule has 0 aliphatic carbocycles. The van der Waals surface area contributed by atoms with E-state index in [1.54, 1.807) is 72.9 Å². The van der Waals surface area contributed by atoms with Gasteiger partial charge in [-0.2, -0.15) is 13.2 Å². The molecular weight excluding hydrogens is 889 g/mol. The Morgan fingerprint density at radius 3 is 2.57 bits per heavy atom. The average Bonchev–Trinajstić information content (AvgIpc) is 3.84. The van der Waals surface area contributed by atoms with Crippen LogP contribution in [0, 0.1) is 25.7 Å². The Morgan fingerprint density at radius 2 is 1.79 bits per heavy atom. The van der Waals surface area contributed by atoms with Crippen molar-refractivity contribution in [2.45, 2.75) is 51.7 Å². The summed E-state index contributed by atoms with van der Waals surface area (Å²) >= 11 is 0. The highest BCUT2D eigenvalue weighted by Gasteiger charge is 2.31. The number of alkyl halides is 4. The van der Waals surface area contributed by atoms with Gasteiger partial charge >= 0.3 is 6.18 Å². The first kappa shape index (κ1) is 48.8. The number of ether oxygens (including phenoxy) is 4. The highest BCUT2D eigenvalue weighted by atomic mass is 19.4. The standard InChI is InChI=1S/C49H54F4N8O7/c1-31-47(32(2)68-59-31)34-23-43(48(63)57-27-34)56-26-33-8-5-10-36(22-33)67-29-46(62)55-17-19-65-20-21-66-37-13-14-42(45(25-37)64-4)54-16-7-9-35-24-38-40(58-41-15-18-60(3)28-39(41)50)11-6-12-44(38)61(35)30-49(51,52)53/h5-6,8,10-14,22-25,27,39,41,54,56,58H,15-21,26,28-30H2,1-4H3,(H,55,62)(H,57,63)/t39-,41+/m0/s1. The number of amides is 1. The quantitative estimate of drug-likeness (QED) is 0.0295. The second kappa shape index (κ2) is 22.5. The molecule has 1 amide bonds. The first-order chi connectivity index (χ1) is 32.7. The van der Waals surface area contributed by atoms with Crippen LogP contribution in [0.2, 0.25) is 0 Å². The van der Waals surface area contributed by atoms with Crippen molar-refractivity contribution in [3.8, 4) is 40.2 Å². The Hall–Kier alpha value is -7.17. The number of fused-ring (bicyclic) bond motifs is 1. The van der Waals surface area contributed by atoms with Crippen molar-refractivity contribution in [1.82, 2.24) is 24.9 Å². The molecule has 7 rings (SSSR count). The van der Waals surface area contributed by atoms with Gasteiger partial charge in [0, 0.05) is 60.6 Å². The SMILES string of the molecule is COc1cc(OCCOCCNC(=O)COc2cccc(CNc3cc(-c4c(C)noc4C)c[nH]c3=O)c2)ccc1NCC#Cc1cc2c(N[C@@H]3CCN(C)C[C@@H]3F)cccc2n1CC(F)(F)F. The number of carbonyl (C=O) groups is 1. The van der Waals surface area contributed by atoms with Crippen molar-refractivity contribution < 1.29 is 45.8 Å². The summed E-state index contributed by atoms with van der Waals surface area (Å²) in [6, 6.07) is 20.3. The Bertz CT molecular complexity index is 2780. The molecule has 68 heavy (non-hydrogen) atoms. The van der Waals surface area contributed by atoms with E-state index in [2.05, 4.69) is 43.2 Å². The second-order valence-corrected chi connectivity index (χ2v) is 16.2. The zero-order valence-electron chi connectivity index (χ0n) is 38.1. The number of piperidine rings is 1. The molecule has 19 heteroatoms. The normalized spacial score (nSPS) is 15.1. The number of methoxy groups -OCH3 is 1. The third-order valence-corrected chi connectivity index (χ3v) is 11.2. The summed E-state index contributed by atoms with van der Waals surface area (Å²) in [4.78, 5) is 29.6. The van der Waals surface area contributed by atoms with Gasteiger partial charge in [0.15, 0.2) is 6.61 Å². The zero-order valence-corrected chi connectivity index (χ0v) is 38.1. The van der Waals surface area contributed by atoms with E-state index in [4.69, 9.17) is 23.5 Å². The number of halogens is 4. The molecule has 5 N–H and O–H groups in total. The third kappa shape index (κ3) is 13.0. The van der Waals surface area contributed by atoms with Crippen LogP contribution in [0.3, 0.4) is 0 Å². The number of likely N-dealkylation sites (tertiary alicyclic amines) is 1. The van der Waals surface area contributed by atoms with Crippen LogP contribution < -0.4 is 41.0 Å². The smallest absolute Gasteiger partial charge is 0.406 e. The van der Waals surface area contributed by atoms with Crippen molar-refractivity contribution in [2.75, 3.05) is 82.7 Å². The molecule has 0 spiro atoms. The number of H-pyrrole nitrogens is 1. The fraction of sp³-hybridized carbons (Fsp3) is 0.367. The molecule has 6 aromatic rings. The predicted octanol–water partition coefficient (Wildman–Crippen LogP) is 7.29. The predicted molar refractivity (Wildman–Crippen MR) is 251 cm³/mol. The number of aryl methyl sites for hydroxylation is 2. The van der Waals surface area contributed by atoms with Crippen LogP contribution in [0.25, 0.3) is 22.0 Å². The maximum absolute atomic E-state index is 14.9. The summed E-state index contributed by atoms with van der Waals surface area (Å²) in [5, 5.41) is 16.8. The van der Waals surface area contributed by atoms with Gasteiger partial charge in [-0.3, -0.25) is 9.59 Å². The van der Waals surface area contributed by atoms with Gasteiger partial charge in [0.1, 0.15) is 48.0 Å². The molecule has 15 nitrogen and oxygen atoms in total. The van der Waals surface area contributed by atoms with Gasteiger partial charge in [0.25, 0.3) is 11.5 Å². The van der Waals surface area contributed by atoms with Gasteiger partial charge in [-0.25, -0.2) is 4.39 Å². The zero-order chi connectivity index (χ0) is 48.2. The van der Waals surface area contributed by atoms with E-state index in [0.717, 1.165) is 27.0 Å². The fourth-order valence-electron chi connectivity index (χ4n) is 7.84. The van der Waals surface area contributed by atoms with Crippen LogP contribution in [0.4, 0.5) is 34.6 Å². The molecule has 0 saturated carbocycles. The summed E-state index contributed by atoms with van der Waals surface area (Å²) in [7, 11) is 3.36. The van der Waals surface area contributed by atoms with Crippen molar-refractivity contribution in [3.05, 3.63) is 112 Å². The molecule has 1 aliphatic heterocycles. The average molecular weight is 943 g/mol. The van der Waals surface area contributed by atoms with Gasteiger partial charge in [-0.15, -0.1) is 0 Å². The lowest BCUT2D eigenvalue weighted by molar-refractivity contribution is -0.140. The number of pyridine rings is 1. The monoisotopic (exact) mass is 942 g/mol. The largest absolute Gasteiger partial charge is 0.494 e. The number of carbonyl (C=O) groups excluding carboxylic acids is 1. The molecule has 0 bridgehead atoms. The van der Waals surface area contributed by atoms with Crippen molar-refractivity contribution in [1.29, 1.82) is 0 Å². The number of benzene rings is 3. The summed E-state index contributed by atoms with van der Waals surface area (Å²) in [5.41, 5.74) is 4.96. The van der Waals surface area contributed by atoms with E-state index >= 15 is 0 Å². The van der Waals surface area contributed by atoms with Crippen LogP contribution >= 0.6 is 0 Å². The number of aromatic nitrogens is 3. The van der Waals surface area contributed by atoms with Gasteiger partial charge in [-0.1, -0.05) is 29.3 Å². The van der Waals surface area contributed by atoms with E-state index in [1.165, 1.54) is 7.11 Å². The van der Waals surface area contributed by atoms with Gasteiger partial charge in [-0.05, 0) is 87.3 Å². The van der Waals surface area contributed by atoms with Crippen LogP contribution in [0.1, 0.15) is 29.1 Å². The number of hydrogen-bond donors (Lipinski definition) is 5. The molecule has 2 atom stereocenters. The topological polar surface area (TPSA) is 169 Å². The number of anilines is 3. The minimum Gasteiger partial charge on any atom is -0.494 e. The highest BCUT2D eigenvalue weighted by molar-refractivity contribution is 5.94. The maximum atomic E-state index is 14.9. The Labute approximate surface area is 390 Å². The lowest BCUT2D eigenvalue weighted by Gasteiger charge is -2.33. The van der Waals surface area contributed by atoms with Crippen molar-refractivity contribution >= 4 is 33.9 Å². The number of rotatable bonds is 20. The third-order valence-electron chi connectivity index (χ3n) is 11.2. The number of hydrogen-bond acceptors (Lipinski definition) is 12. The molecule has 360 valence electrons. The fourth-order valence-corrected chi connectivity index (χ4v) is 7.84. The summed E-state index contributed by atoms with van der Waals surface area (Å²) < 4.78 is 85.2. The maximum Gasteiger partial charge on any atom is 0.406 e. The molecule has 0 radical (unpaired) electrons. The molecule has 0 unspecified atom stereocenters. The lowest BCUT2D eigenvalue weighted by Crippen LogP contribution is -2.46. The number of nitrogens with zero attached hydrogens (tertiary/aromatic N) is 3. The Balaban J connectivity index is 0.818.